The van der Waals surface area contributed by atoms with Gasteiger partial charge in [0.1, 0.15) is 12.4 Å². The van der Waals surface area contributed by atoms with Crippen molar-refractivity contribution >= 4 is 16.9 Å². The minimum Gasteiger partial charge on any atom is -0.487 e. The molecule has 0 aliphatic carbocycles. The van der Waals surface area contributed by atoms with E-state index in [4.69, 9.17) is 9.72 Å². The summed E-state index contributed by atoms with van der Waals surface area (Å²) in [5.74, 6) is 1.21. The molecule has 3 aromatic heterocycles. The van der Waals surface area contributed by atoms with Gasteiger partial charge in [0, 0.05) is 25.0 Å². The number of rotatable bonds is 6. The van der Waals surface area contributed by atoms with E-state index in [1.807, 2.05) is 42.7 Å². The third kappa shape index (κ3) is 2.64. The molecule has 0 saturated heterocycles. The van der Waals surface area contributed by atoms with Crippen LogP contribution in [0.25, 0.3) is 22.6 Å². The van der Waals surface area contributed by atoms with Gasteiger partial charge in [-0.1, -0.05) is 30.9 Å². The van der Waals surface area contributed by atoms with Crippen LogP contribution in [0.5, 0.6) is 5.75 Å². The molecule has 0 atom stereocenters. The lowest BCUT2D eigenvalue weighted by atomic mass is 10.2. The Kier molecular flexibility index (Phi) is 4.69. The summed E-state index contributed by atoms with van der Waals surface area (Å²) in [6.45, 7) is 11.7. The first kappa shape index (κ1) is 19.5. The van der Waals surface area contributed by atoms with E-state index in [-0.39, 0.29) is 6.54 Å². The van der Waals surface area contributed by atoms with Crippen LogP contribution in [-0.4, -0.2) is 29.7 Å². The number of allylic oxidation sites excluding steroid dienone is 1. The zero-order valence-electron chi connectivity index (χ0n) is 17.3. The average Bonchev–Trinajstić information content (AvgIpc) is 3.24. The van der Waals surface area contributed by atoms with E-state index in [1.165, 1.54) is 10.6 Å². The summed E-state index contributed by atoms with van der Waals surface area (Å²) >= 11 is 0. The van der Waals surface area contributed by atoms with Gasteiger partial charge in [0.05, 0.1) is 5.69 Å². The lowest BCUT2D eigenvalue weighted by Gasteiger charge is -2.12. The van der Waals surface area contributed by atoms with Crippen molar-refractivity contribution in [3.05, 3.63) is 81.8 Å². The van der Waals surface area contributed by atoms with Gasteiger partial charge in [-0.2, -0.15) is 4.98 Å². The topological polar surface area (TPSA) is 75.5 Å². The fourth-order valence-corrected chi connectivity index (χ4v) is 3.74. The molecular weight excluding hydrogens is 382 g/mol. The molecule has 4 rings (SSSR count). The second-order valence-corrected chi connectivity index (χ2v) is 7.04. The maximum atomic E-state index is 13.2. The van der Waals surface area contributed by atoms with Crippen LogP contribution in [-0.2, 0) is 13.6 Å². The number of aryl methyl sites for hydroxylation is 2. The number of fused-ring (bicyclic) bond motifs is 3. The Morgan fingerprint density at radius 2 is 1.83 bits per heavy atom. The van der Waals surface area contributed by atoms with E-state index >= 15 is 0 Å². The molecule has 0 radical (unpaired) electrons. The maximum absolute atomic E-state index is 13.2. The van der Waals surface area contributed by atoms with E-state index in [0.29, 0.717) is 29.3 Å². The summed E-state index contributed by atoms with van der Waals surface area (Å²) in [6.07, 6.45) is 3.21. The zero-order chi connectivity index (χ0) is 21.6. The number of ether oxygens (including phenoxy) is 1. The fraction of sp³-hybridized carbons (Fsp3) is 0.227. The summed E-state index contributed by atoms with van der Waals surface area (Å²) in [5, 5.41) is 0. The van der Waals surface area contributed by atoms with Gasteiger partial charge in [0.2, 0.25) is 5.78 Å². The smallest absolute Gasteiger partial charge is 0.332 e. The third-order valence-electron chi connectivity index (χ3n) is 5.29. The molecule has 154 valence electrons. The summed E-state index contributed by atoms with van der Waals surface area (Å²) in [5.41, 5.74) is 2.44. The maximum Gasteiger partial charge on any atom is 0.332 e. The molecule has 3 heterocycles. The van der Waals surface area contributed by atoms with Crippen LogP contribution in [0, 0.1) is 13.8 Å². The van der Waals surface area contributed by atoms with Crippen molar-refractivity contribution in [1.82, 2.24) is 23.1 Å². The highest BCUT2D eigenvalue weighted by Crippen LogP contribution is 2.30. The Morgan fingerprint density at radius 3 is 2.53 bits per heavy atom. The molecule has 0 saturated carbocycles. The Hall–Kier alpha value is -3.81. The van der Waals surface area contributed by atoms with Crippen molar-refractivity contribution in [2.75, 3.05) is 6.61 Å². The molecule has 30 heavy (non-hydrogen) atoms. The standard InChI is InChI=1S/C22H23N5O3/c1-6-12-25-20(28)18-19(24(5)22(25)29)23-21-26(14(3)15(4)27(18)21)16-10-8-9-11-17(16)30-13-7-2/h6-11H,1-2,12-13H2,3-5H3. The van der Waals surface area contributed by atoms with E-state index in [2.05, 4.69) is 13.2 Å². The summed E-state index contributed by atoms with van der Waals surface area (Å²) in [6, 6.07) is 7.61. The van der Waals surface area contributed by atoms with Gasteiger partial charge in [-0.15, -0.1) is 6.58 Å². The van der Waals surface area contributed by atoms with E-state index in [9.17, 15) is 9.59 Å². The Labute approximate surface area is 172 Å². The van der Waals surface area contributed by atoms with Crippen molar-refractivity contribution in [1.29, 1.82) is 0 Å². The first-order chi connectivity index (χ1) is 14.4. The van der Waals surface area contributed by atoms with E-state index in [0.717, 1.165) is 21.6 Å². The second-order valence-electron chi connectivity index (χ2n) is 7.04. The lowest BCUT2D eigenvalue weighted by Crippen LogP contribution is -2.39. The van der Waals surface area contributed by atoms with Crippen LogP contribution in [0.1, 0.15) is 11.4 Å². The van der Waals surface area contributed by atoms with Gasteiger partial charge >= 0.3 is 5.69 Å². The molecule has 8 heteroatoms. The van der Waals surface area contributed by atoms with Crippen molar-refractivity contribution < 1.29 is 4.74 Å². The summed E-state index contributed by atoms with van der Waals surface area (Å²) < 4.78 is 12.1. The zero-order valence-corrected chi connectivity index (χ0v) is 17.3. The molecule has 0 amide bonds. The predicted octanol–water partition coefficient (Wildman–Crippen LogP) is 2.51. The summed E-state index contributed by atoms with van der Waals surface area (Å²) in [4.78, 5) is 30.5. The summed E-state index contributed by atoms with van der Waals surface area (Å²) in [7, 11) is 1.61. The van der Waals surface area contributed by atoms with Crippen molar-refractivity contribution in [3.63, 3.8) is 0 Å². The van der Waals surface area contributed by atoms with Crippen molar-refractivity contribution in [2.24, 2.45) is 7.05 Å². The monoisotopic (exact) mass is 405 g/mol. The molecule has 0 aliphatic rings. The Balaban J connectivity index is 2.14. The van der Waals surface area contributed by atoms with Gasteiger partial charge in [-0.3, -0.25) is 22.9 Å². The second kappa shape index (κ2) is 7.22. The number of nitrogens with zero attached hydrogens (tertiary/aromatic N) is 5. The SMILES string of the molecule is C=CCOc1ccccc1-n1c(C)c(C)n2c3c(=O)n(CC=C)c(=O)n(C)c3nc12. The van der Waals surface area contributed by atoms with Gasteiger partial charge in [-0.25, -0.2) is 4.79 Å². The number of para-hydroxylation sites is 2. The predicted molar refractivity (Wildman–Crippen MR) is 117 cm³/mol. The van der Waals surface area contributed by atoms with Crippen LogP contribution in [0.2, 0.25) is 0 Å². The van der Waals surface area contributed by atoms with Crippen LogP contribution in [0.3, 0.4) is 0 Å². The van der Waals surface area contributed by atoms with Gasteiger partial charge < -0.3 is 4.74 Å². The molecule has 0 bridgehead atoms. The molecule has 0 unspecified atom stereocenters. The van der Waals surface area contributed by atoms with Gasteiger partial charge in [0.25, 0.3) is 5.56 Å². The Morgan fingerprint density at radius 1 is 1.10 bits per heavy atom. The number of hydrogen-bond donors (Lipinski definition) is 0. The average molecular weight is 405 g/mol. The van der Waals surface area contributed by atoms with Crippen LogP contribution in [0.4, 0.5) is 0 Å². The molecule has 0 fully saturated rings. The number of hydrogen-bond acceptors (Lipinski definition) is 4. The molecular formula is C22H23N5O3. The van der Waals surface area contributed by atoms with Gasteiger partial charge in [-0.05, 0) is 26.0 Å². The number of imidazole rings is 2. The van der Waals surface area contributed by atoms with Gasteiger partial charge in [0.15, 0.2) is 11.2 Å². The van der Waals surface area contributed by atoms with Crippen LogP contribution >= 0.6 is 0 Å². The van der Waals surface area contributed by atoms with E-state index < -0.39 is 11.2 Å². The number of benzene rings is 1. The highest BCUT2D eigenvalue weighted by Gasteiger charge is 2.24. The molecule has 0 N–H and O–H groups in total. The Bertz CT molecular complexity index is 1430. The largest absolute Gasteiger partial charge is 0.487 e. The van der Waals surface area contributed by atoms with Crippen LogP contribution in [0.15, 0.2) is 59.2 Å². The first-order valence-electron chi connectivity index (χ1n) is 9.56. The molecule has 0 aliphatic heterocycles. The fourth-order valence-electron chi connectivity index (χ4n) is 3.74. The molecule has 0 spiro atoms. The lowest BCUT2D eigenvalue weighted by molar-refractivity contribution is 0.362. The van der Waals surface area contributed by atoms with Crippen LogP contribution < -0.4 is 16.0 Å². The highest BCUT2D eigenvalue weighted by molar-refractivity contribution is 5.77. The first-order valence-corrected chi connectivity index (χ1v) is 9.56. The van der Waals surface area contributed by atoms with Crippen molar-refractivity contribution in [3.8, 4) is 11.4 Å². The minimum atomic E-state index is -0.427. The third-order valence-corrected chi connectivity index (χ3v) is 5.29. The minimum absolute atomic E-state index is 0.131. The van der Waals surface area contributed by atoms with E-state index in [1.54, 1.807) is 17.5 Å². The highest BCUT2D eigenvalue weighted by atomic mass is 16.5. The quantitative estimate of drug-likeness (QED) is 0.462. The van der Waals surface area contributed by atoms with Crippen molar-refractivity contribution in [2.45, 2.75) is 20.4 Å². The normalized spacial score (nSPS) is 11.3. The molecule has 8 nitrogen and oxygen atoms in total. The molecule has 4 aromatic rings. The molecule has 1 aromatic carbocycles. The number of aromatic nitrogens is 5.